The van der Waals surface area contributed by atoms with Crippen molar-refractivity contribution in [3.63, 3.8) is 0 Å². The number of piperazine rings is 1. The maximum absolute atomic E-state index is 13.8. The highest BCUT2D eigenvalue weighted by molar-refractivity contribution is 6.29. The van der Waals surface area contributed by atoms with E-state index in [2.05, 4.69) is 39.3 Å². The predicted molar refractivity (Wildman–Crippen MR) is 169 cm³/mol. The quantitative estimate of drug-likeness (QED) is 0.315. The molecule has 2 N–H and O–H groups in total. The molecule has 3 aromatic rings. The number of urea groups is 1. The van der Waals surface area contributed by atoms with Gasteiger partial charge < -0.3 is 15.3 Å². The van der Waals surface area contributed by atoms with Crippen molar-refractivity contribution in [3.05, 3.63) is 99.3 Å². The number of hydrogen-bond donors (Lipinski definition) is 2. The first-order valence-corrected chi connectivity index (χ1v) is 15.4. The first-order valence-electron chi connectivity index (χ1n) is 15.0. The lowest BCUT2D eigenvalue weighted by molar-refractivity contribution is -0.0428. The van der Waals surface area contributed by atoms with Crippen molar-refractivity contribution in [2.24, 2.45) is 0 Å². The lowest BCUT2D eigenvalue weighted by Crippen LogP contribution is -2.56. The largest absolute Gasteiger partial charge is 0.478 e. The fourth-order valence-electron chi connectivity index (χ4n) is 6.15. The fraction of sp³-hybridized carbons (Fsp3) is 0.394. The SMILES string of the molecule is Cc1cc(Cl)nc(C)c1C(=O)NCCC(C)N1CCN(N2C(=O)N(Cc3ccc(C(=O)O)cc3)C[C@H]2c2ccccc2)CC1. The minimum absolute atomic E-state index is 0.0485. The van der Waals surface area contributed by atoms with Crippen LogP contribution in [0.3, 0.4) is 0 Å². The molecule has 1 aromatic heterocycles. The highest BCUT2D eigenvalue weighted by Crippen LogP contribution is 2.33. The van der Waals surface area contributed by atoms with Gasteiger partial charge in [-0.15, -0.1) is 0 Å². The van der Waals surface area contributed by atoms with Crippen LogP contribution in [-0.4, -0.2) is 93.1 Å². The molecule has 2 aliphatic rings. The van der Waals surface area contributed by atoms with Gasteiger partial charge in [0.1, 0.15) is 5.15 Å². The number of halogens is 1. The van der Waals surface area contributed by atoms with Gasteiger partial charge in [0.15, 0.2) is 0 Å². The van der Waals surface area contributed by atoms with Gasteiger partial charge in [-0.2, -0.15) is 0 Å². The summed E-state index contributed by atoms with van der Waals surface area (Å²) < 4.78 is 0. The molecular formula is C33H39ClN6O4. The lowest BCUT2D eigenvalue weighted by Gasteiger charge is -2.43. The normalized spacial score (nSPS) is 18.5. The van der Waals surface area contributed by atoms with E-state index in [-0.39, 0.29) is 29.6 Å². The second-order valence-electron chi connectivity index (χ2n) is 11.5. The number of aromatic carboxylic acids is 1. The second-order valence-corrected chi connectivity index (χ2v) is 11.9. The minimum Gasteiger partial charge on any atom is -0.478 e. The number of carboxylic acid groups (broad SMARTS) is 1. The van der Waals surface area contributed by atoms with E-state index in [1.54, 1.807) is 37.3 Å². The average molecular weight is 619 g/mol. The topological polar surface area (TPSA) is 109 Å². The number of carbonyl (C=O) groups is 3. The fourth-order valence-corrected chi connectivity index (χ4v) is 6.44. The van der Waals surface area contributed by atoms with Crippen LogP contribution in [0.15, 0.2) is 60.7 Å². The lowest BCUT2D eigenvalue weighted by atomic mass is 10.1. The van der Waals surface area contributed by atoms with Gasteiger partial charge in [-0.3, -0.25) is 9.69 Å². The molecule has 11 heteroatoms. The summed E-state index contributed by atoms with van der Waals surface area (Å²) in [7, 11) is 0. The number of aromatic nitrogens is 1. The number of benzene rings is 2. The number of amides is 3. The molecule has 0 bridgehead atoms. The van der Waals surface area contributed by atoms with Crippen LogP contribution in [0.25, 0.3) is 0 Å². The van der Waals surface area contributed by atoms with Gasteiger partial charge in [0.25, 0.3) is 5.91 Å². The summed E-state index contributed by atoms with van der Waals surface area (Å²) in [6, 6.07) is 18.6. The zero-order valence-corrected chi connectivity index (χ0v) is 26.1. The van der Waals surface area contributed by atoms with Crippen LogP contribution < -0.4 is 5.32 Å². The summed E-state index contributed by atoms with van der Waals surface area (Å²) in [5, 5.41) is 16.7. The molecule has 0 spiro atoms. The van der Waals surface area contributed by atoms with Gasteiger partial charge in [0, 0.05) is 51.9 Å². The van der Waals surface area contributed by atoms with Gasteiger partial charge in [0.2, 0.25) is 0 Å². The van der Waals surface area contributed by atoms with E-state index in [0.29, 0.717) is 49.1 Å². The van der Waals surface area contributed by atoms with Crippen LogP contribution in [0.5, 0.6) is 0 Å². The van der Waals surface area contributed by atoms with E-state index < -0.39 is 5.97 Å². The van der Waals surface area contributed by atoms with Gasteiger partial charge in [-0.1, -0.05) is 54.1 Å². The average Bonchev–Trinajstić information content (AvgIpc) is 3.32. The second kappa shape index (κ2) is 13.8. The Morgan fingerprint density at radius 2 is 1.73 bits per heavy atom. The third-order valence-corrected chi connectivity index (χ3v) is 8.77. The monoisotopic (exact) mass is 618 g/mol. The van der Waals surface area contributed by atoms with E-state index >= 15 is 0 Å². The van der Waals surface area contributed by atoms with E-state index in [0.717, 1.165) is 36.2 Å². The highest BCUT2D eigenvalue weighted by Gasteiger charge is 2.42. The summed E-state index contributed by atoms with van der Waals surface area (Å²) >= 11 is 6.02. The number of nitrogens with one attached hydrogen (secondary N) is 1. The maximum Gasteiger partial charge on any atom is 0.335 e. The summed E-state index contributed by atoms with van der Waals surface area (Å²) in [4.78, 5) is 46.4. The smallest absolute Gasteiger partial charge is 0.335 e. The number of hydrogen-bond acceptors (Lipinski definition) is 6. The third kappa shape index (κ3) is 7.04. The van der Waals surface area contributed by atoms with Crippen molar-refractivity contribution in [1.82, 2.24) is 30.1 Å². The summed E-state index contributed by atoms with van der Waals surface area (Å²) in [5.74, 6) is -1.11. The molecule has 0 aliphatic carbocycles. The summed E-state index contributed by atoms with van der Waals surface area (Å²) in [6.45, 7) is 10.4. The van der Waals surface area contributed by atoms with Gasteiger partial charge in [0.05, 0.1) is 22.9 Å². The van der Waals surface area contributed by atoms with Crippen LogP contribution in [0, 0.1) is 13.8 Å². The van der Waals surface area contributed by atoms with E-state index in [9.17, 15) is 19.5 Å². The summed E-state index contributed by atoms with van der Waals surface area (Å²) in [5.41, 5.74) is 4.20. The summed E-state index contributed by atoms with van der Waals surface area (Å²) in [6.07, 6.45) is 0.800. The van der Waals surface area contributed by atoms with Gasteiger partial charge in [-0.25, -0.2) is 24.6 Å². The first-order chi connectivity index (χ1) is 21.1. The molecule has 3 amide bonds. The van der Waals surface area contributed by atoms with Crippen LogP contribution >= 0.6 is 11.6 Å². The number of aryl methyl sites for hydroxylation is 2. The van der Waals surface area contributed by atoms with Crippen LogP contribution in [0.1, 0.15) is 62.5 Å². The van der Waals surface area contributed by atoms with Crippen molar-refractivity contribution in [2.45, 2.75) is 45.8 Å². The molecule has 2 aliphatic heterocycles. The Hall–Kier alpha value is -3.99. The number of carboxylic acids is 1. The van der Waals surface area contributed by atoms with Gasteiger partial charge >= 0.3 is 12.0 Å². The zero-order chi connectivity index (χ0) is 31.4. The minimum atomic E-state index is -0.969. The maximum atomic E-state index is 13.8. The molecule has 0 saturated carbocycles. The molecule has 10 nitrogen and oxygen atoms in total. The zero-order valence-electron chi connectivity index (χ0n) is 25.4. The molecule has 2 aromatic carbocycles. The predicted octanol–water partition coefficient (Wildman–Crippen LogP) is 4.77. The Bertz CT molecular complexity index is 1470. The number of carbonyl (C=O) groups excluding carboxylic acids is 2. The van der Waals surface area contributed by atoms with Crippen molar-refractivity contribution >= 4 is 29.5 Å². The number of rotatable bonds is 10. The Morgan fingerprint density at radius 3 is 2.36 bits per heavy atom. The molecule has 1 unspecified atom stereocenters. The van der Waals surface area contributed by atoms with Crippen molar-refractivity contribution in [2.75, 3.05) is 39.3 Å². The third-order valence-electron chi connectivity index (χ3n) is 8.57. The van der Waals surface area contributed by atoms with Crippen LogP contribution in [0.4, 0.5) is 4.79 Å². The molecule has 44 heavy (non-hydrogen) atoms. The Morgan fingerprint density at radius 1 is 1.05 bits per heavy atom. The standard InChI is InChI=1S/C33H39ClN6O4/c1-22-19-29(34)36-24(3)30(22)31(41)35-14-13-23(2)37-15-17-39(18-16-37)40-28(26-7-5-4-6-8-26)21-38(33(40)44)20-25-9-11-27(12-10-25)32(42)43/h4-12,19,23,28H,13-18,20-21H2,1-3H3,(H,35,41)(H,42,43)/t23?,28-/m0/s1. The number of pyridine rings is 1. The van der Waals surface area contributed by atoms with Crippen molar-refractivity contribution < 1.29 is 19.5 Å². The van der Waals surface area contributed by atoms with Crippen molar-refractivity contribution in [1.29, 1.82) is 0 Å². The number of nitrogens with zero attached hydrogens (tertiary/aromatic N) is 5. The van der Waals surface area contributed by atoms with Gasteiger partial charge in [-0.05, 0) is 62.1 Å². The first kappa shape index (κ1) is 31.4. The number of hydrazine groups is 1. The Labute approximate surface area is 263 Å². The molecular weight excluding hydrogens is 580 g/mol. The molecule has 2 fully saturated rings. The molecule has 2 atom stereocenters. The van der Waals surface area contributed by atoms with E-state index in [1.165, 1.54) is 0 Å². The van der Waals surface area contributed by atoms with Crippen molar-refractivity contribution in [3.8, 4) is 0 Å². The van der Waals surface area contributed by atoms with E-state index in [4.69, 9.17) is 11.6 Å². The highest BCUT2D eigenvalue weighted by atomic mass is 35.5. The Balaban J connectivity index is 1.18. The van der Waals surface area contributed by atoms with Crippen LogP contribution in [-0.2, 0) is 6.54 Å². The molecule has 3 heterocycles. The molecule has 0 radical (unpaired) electrons. The molecule has 2 saturated heterocycles. The molecule has 232 valence electrons. The molecule has 5 rings (SSSR count). The Kier molecular flexibility index (Phi) is 9.83. The van der Waals surface area contributed by atoms with Crippen LogP contribution in [0.2, 0.25) is 5.15 Å². The van der Waals surface area contributed by atoms with E-state index in [1.807, 2.05) is 35.0 Å².